The number of para-hydroxylation sites is 1. The Kier molecular flexibility index (Phi) is 5.94. The number of H-pyrrole nitrogens is 1. The number of hydrogen-bond acceptors (Lipinski definition) is 6. The van der Waals surface area contributed by atoms with Gasteiger partial charge in [0.05, 0.1) is 11.3 Å². The first-order valence-corrected chi connectivity index (χ1v) is 11.2. The van der Waals surface area contributed by atoms with Gasteiger partial charge in [-0.1, -0.05) is 24.3 Å². The lowest BCUT2D eigenvalue weighted by molar-refractivity contribution is 0.429. The number of rotatable bonds is 6. The first kappa shape index (κ1) is 23.1. The molecule has 0 saturated carbocycles. The fraction of sp³-hybridized carbons (Fsp3) is 0.0909. The number of aromatic amines is 1. The molecule has 0 amide bonds. The van der Waals surface area contributed by atoms with E-state index in [0.717, 1.165) is 27.1 Å². The molecule has 0 aliphatic rings. The summed E-state index contributed by atoms with van der Waals surface area (Å²) in [6, 6.07) is 12.3. The van der Waals surface area contributed by atoms with Crippen molar-refractivity contribution in [2.45, 2.75) is 11.4 Å². The van der Waals surface area contributed by atoms with Gasteiger partial charge in [-0.25, -0.2) is 31.7 Å². The van der Waals surface area contributed by atoms with Crippen LogP contribution in [-0.4, -0.2) is 44.7 Å². The van der Waals surface area contributed by atoms with Crippen LogP contribution in [-0.2, 0) is 16.6 Å². The van der Waals surface area contributed by atoms with E-state index in [9.17, 15) is 32.2 Å². The molecule has 4 aromatic rings. The fourth-order valence-electron chi connectivity index (χ4n) is 3.38. The van der Waals surface area contributed by atoms with E-state index < -0.39 is 43.7 Å². The molecule has 3 aromatic carbocycles. The van der Waals surface area contributed by atoms with Gasteiger partial charge in [0.1, 0.15) is 28.0 Å². The molecule has 1 aromatic heterocycles. The van der Waals surface area contributed by atoms with Gasteiger partial charge in [0, 0.05) is 19.7 Å². The molecule has 1 heterocycles. The van der Waals surface area contributed by atoms with Crippen LogP contribution >= 0.6 is 0 Å². The van der Waals surface area contributed by atoms with Crippen LogP contribution in [0.2, 0.25) is 0 Å². The number of aromatic nitrogens is 3. The Morgan fingerprint density at radius 3 is 2.38 bits per heavy atom. The quantitative estimate of drug-likeness (QED) is 0.383. The second-order valence-corrected chi connectivity index (χ2v) is 9.38. The SMILES string of the molecule is CN(Cc1ccc(F)cc1)S(=O)(=O)c1cc(-c2n[nH]c(=O)n2-c2ccccc2F)c(O)cc1O. The molecule has 0 radical (unpaired) electrons. The van der Waals surface area contributed by atoms with Crippen LogP contribution in [0.15, 0.2) is 70.4 Å². The topological polar surface area (TPSA) is 129 Å². The van der Waals surface area contributed by atoms with E-state index in [0.29, 0.717) is 5.56 Å². The molecule has 0 unspecified atom stereocenters. The summed E-state index contributed by atoms with van der Waals surface area (Å²) in [4.78, 5) is 11.8. The highest BCUT2D eigenvalue weighted by atomic mass is 32.2. The molecule has 0 bridgehead atoms. The van der Waals surface area contributed by atoms with Crippen LogP contribution < -0.4 is 5.69 Å². The van der Waals surface area contributed by atoms with Gasteiger partial charge in [-0.2, -0.15) is 9.40 Å². The first-order valence-electron chi connectivity index (χ1n) is 9.79. The van der Waals surface area contributed by atoms with Crippen molar-refractivity contribution >= 4 is 10.0 Å². The molecule has 0 saturated heterocycles. The van der Waals surface area contributed by atoms with Crippen molar-refractivity contribution in [1.29, 1.82) is 0 Å². The maximum absolute atomic E-state index is 14.4. The van der Waals surface area contributed by atoms with Crippen LogP contribution in [0.3, 0.4) is 0 Å². The van der Waals surface area contributed by atoms with Crippen LogP contribution in [0.1, 0.15) is 5.56 Å². The lowest BCUT2D eigenvalue weighted by Gasteiger charge is -2.19. The monoisotopic (exact) mass is 488 g/mol. The van der Waals surface area contributed by atoms with E-state index in [-0.39, 0.29) is 23.6 Å². The maximum atomic E-state index is 14.4. The Hall–Kier alpha value is -4.03. The second-order valence-electron chi connectivity index (χ2n) is 7.36. The molecule has 9 nitrogen and oxygen atoms in total. The van der Waals surface area contributed by atoms with Crippen molar-refractivity contribution in [2.24, 2.45) is 0 Å². The van der Waals surface area contributed by atoms with E-state index in [2.05, 4.69) is 10.2 Å². The normalized spacial score (nSPS) is 11.8. The van der Waals surface area contributed by atoms with Crippen LogP contribution in [0.5, 0.6) is 11.5 Å². The Morgan fingerprint density at radius 1 is 1.03 bits per heavy atom. The average Bonchev–Trinajstić information content (AvgIpc) is 3.16. The highest BCUT2D eigenvalue weighted by molar-refractivity contribution is 7.89. The Bertz CT molecular complexity index is 1530. The average molecular weight is 488 g/mol. The number of benzene rings is 3. The Morgan fingerprint density at radius 2 is 1.71 bits per heavy atom. The van der Waals surface area contributed by atoms with Gasteiger partial charge in [0.25, 0.3) is 0 Å². The number of nitrogens with zero attached hydrogens (tertiary/aromatic N) is 3. The van der Waals surface area contributed by atoms with Gasteiger partial charge in [-0.05, 0) is 35.9 Å². The largest absolute Gasteiger partial charge is 0.507 e. The zero-order chi connectivity index (χ0) is 24.6. The van der Waals surface area contributed by atoms with Crippen molar-refractivity contribution in [1.82, 2.24) is 19.1 Å². The third-order valence-electron chi connectivity index (χ3n) is 5.09. The fourth-order valence-corrected chi connectivity index (χ4v) is 4.62. The van der Waals surface area contributed by atoms with Gasteiger partial charge in [-0.15, -0.1) is 0 Å². The summed E-state index contributed by atoms with van der Waals surface area (Å²) in [6.07, 6.45) is 0. The van der Waals surface area contributed by atoms with Gasteiger partial charge >= 0.3 is 5.69 Å². The van der Waals surface area contributed by atoms with Crippen LogP contribution in [0.4, 0.5) is 8.78 Å². The second kappa shape index (κ2) is 8.72. The van der Waals surface area contributed by atoms with Crippen molar-refractivity contribution in [3.05, 3.63) is 88.3 Å². The van der Waals surface area contributed by atoms with E-state index in [4.69, 9.17) is 0 Å². The van der Waals surface area contributed by atoms with E-state index >= 15 is 0 Å². The highest BCUT2D eigenvalue weighted by Crippen LogP contribution is 2.37. The number of sulfonamides is 1. The standard InChI is InChI=1S/C22H18F2N4O5S/c1-27(12-13-6-8-14(23)9-7-13)34(32,33)20-10-15(18(29)11-19(20)30)21-25-26-22(31)28(21)17-5-3-2-4-16(17)24/h2-11,29-30H,12H2,1H3,(H,26,31). The Labute approximate surface area is 192 Å². The number of phenolic OH excluding ortho intramolecular Hbond substituents is 2. The lowest BCUT2D eigenvalue weighted by Crippen LogP contribution is -2.26. The zero-order valence-corrected chi connectivity index (χ0v) is 18.4. The van der Waals surface area contributed by atoms with E-state index in [1.165, 1.54) is 49.5 Å². The third kappa shape index (κ3) is 4.16. The first-order chi connectivity index (χ1) is 16.1. The van der Waals surface area contributed by atoms with Crippen molar-refractivity contribution in [3.63, 3.8) is 0 Å². The van der Waals surface area contributed by atoms with Crippen LogP contribution in [0.25, 0.3) is 17.1 Å². The summed E-state index contributed by atoms with van der Waals surface area (Å²) >= 11 is 0. The van der Waals surface area contributed by atoms with Crippen molar-refractivity contribution in [3.8, 4) is 28.6 Å². The predicted octanol–water partition coefficient (Wildman–Crippen LogP) is 2.74. The molecule has 4 rings (SSSR count). The zero-order valence-electron chi connectivity index (χ0n) is 17.6. The minimum Gasteiger partial charge on any atom is -0.507 e. The number of halogens is 2. The van der Waals surface area contributed by atoms with Gasteiger partial charge < -0.3 is 10.2 Å². The minimum atomic E-state index is -4.33. The molecule has 0 fully saturated rings. The minimum absolute atomic E-state index is 0.138. The number of phenols is 2. The number of nitrogens with one attached hydrogen (secondary N) is 1. The molecule has 3 N–H and O–H groups in total. The van der Waals surface area contributed by atoms with Crippen LogP contribution in [0, 0.1) is 11.6 Å². The summed E-state index contributed by atoms with van der Waals surface area (Å²) in [5.74, 6) is -2.84. The summed E-state index contributed by atoms with van der Waals surface area (Å²) in [7, 11) is -3.07. The van der Waals surface area contributed by atoms with Gasteiger partial charge in [0.15, 0.2) is 5.82 Å². The number of aromatic hydroxyl groups is 2. The lowest BCUT2D eigenvalue weighted by atomic mass is 10.1. The molecule has 0 spiro atoms. The summed E-state index contributed by atoms with van der Waals surface area (Å²) in [6.45, 7) is -0.138. The summed E-state index contributed by atoms with van der Waals surface area (Å²) in [5.41, 5.74) is -0.758. The summed E-state index contributed by atoms with van der Waals surface area (Å²) in [5, 5.41) is 26.7. The van der Waals surface area contributed by atoms with E-state index in [1.54, 1.807) is 0 Å². The van der Waals surface area contributed by atoms with Gasteiger partial charge in [-0.3, -0.25) is 0 Å². The molecule has 176 valence electrons. The van der Waals surface area contributed by atoms with E-state index in [1.807, 2.05) is 0 Å². The molecule has 0 atom stereocenters. The third-order valence-corrected chi connectivity index (χ3v) is 6.92. The van der Waals surface area contributed by atoms with Crippen molar-refractivity contribution in [2.75, 3.05) is 7.05 Å². The molecular formula is C22H18F2N4O5S. The molecular weight excluding hydrogens is 470 g/mol. The smallest absolute Gasteiger partial charge is 0.348 e. The molecule has 12 heteroatoms. The number of hydrogen-bond donors (Lipinski definition) is 3. The van der Waals surface area contributed by atoms with Crippen molar-refractivity contribution < 1.29 is 27.4 Å². The Balaban J connectivity index is 1.81. The molecule has 0 aliphatic carbocycles. The summed E-state index contributed by atoms with van der Waals surface area (Å²) < 4.78 is 55.7. The predicted molar refractivity (Wildman–Crippen MR) is 118 cm³/mol. The molecule has 34 heavy (non-hydrogen) atoms. The maximum Gasteiger partial charge on any atom is 0.348 e. The highest BCUT2D eigenvalue weighted by Gasteiger charge is 2.28. The molecule has 0 aliphatic heterocycles. The van der Waals surface area contributed by atoms with Gasteiger partial charge in [0.2, 0.25) is 10.0 Å².